The van der Waals surface area contributed by atoms with Crippen LogP contribution in [0.1, 0.15) is 5.56 Å². The standard InChI is InChI=1S/C14H9BrF3N3/c15-9-3-6-12-11(7-9)13(19)20-21(12)10-4-1-8(2-5-10)14(16,17)18/h1-7H,(H2,19,20). The highest BCUT2D eigenvalue weighted by molar-refractivity contribution is 9.10. The van der Waals surface area contributed by atoms with Gasteiger partial charge in [0.2, 0.25) is 0 Å². The molecule has 3 rings (SSSR count). The van der Waals surface area contributed by atoms with E-state index in [1.165, 1.54) is 16.8 Å². The Morgan fingerprint density at radius 2 is 1.71 bits per heavy atom. The molecule has 0 bridgehead atoms. The van der Waals surface area contributed by atoms with Crippen molar-refractivity contribution >= 4 is 32.7 Å². The molecule has 0 aliphatic heterocycles. The summed E-state index contributed by atoms with van der Waals surface area (Å²) < 4.78 is 40.1. The molecule has 0 atom stereocenters. The van der Waals surface area contributed by atoms with Gasteiger partial charge in [0.15, 0.2) is 5.82 Å². The first kappa shape index (κ1) is 13.9. The zero-order valence-corrected chi connectivity index (χ0v) is 12.1. The Morgan fingerprint density at radius 3 is 2.33 bits per heavy atom. The van der Waals surface area contributed by atoms with E-state index < -0.39 is 11.7 Å². The molecule has 2 N–H and O–H groups in total. The molecule has 2 aromatic carbocycles. The average molecular weight is 356 g/mol. The van der Waals surface area contributed by atoms with Gasteiger partial charge in [0, 0.05) is 9.86 Å². The lowest BCUT2D eigenvalue weighted by Crippen LogP contribution is -2.05. The molecule has 3 nitrogen and oxygen atoms in total. The number of nitrogens with two attached hydrogens (primary N) is 1. The molecule has 0 radical (unpaired) electrons. The van der Waals surface area contributed by atoms with Crippen molar-refractivity contribution in [3.63, 3.8) is 0 Å². The third-order valence-electron chi connectivity index (χ3n) is 3.11. The van der Waals surface area contributed by atoms with Gasteiger partial charge in [-0.25, -0.2) is 4.68 Å². The Balaban J connectivity index is 2.13. The number of anilines is 1. The van der Waals surface area contributed by atoms with E-state index in [9.17, 15) is 13.2 Å². The summed E-state index contributed by atoms with van der Waals surface area (Å²) in [5.41, 5.74) is 6.41. The third-order valence-corrected chi connectivity index (χ3v) is 3.60. The molecule has 3 aromatic rings. The first-order valence-corrected chi connectivity index (χ1v) is 6.77. The quantitative estimate of drug-likeness (QED) is 0.703. The first-order valence-electron chi connectivity index (χ1n) is 5.97. The number of aromatic nitrogens is 2. The SMILES string of the molecule is Nc1nn(-c2ccc(C(F)(F)F)cc2)c2ccc(Br)cc12. The maximum atomic E-state index is 12.6. The first-order chi connectivity index (χ1) is 9.86. The molecule has 108 valence electrons. The largest absolute Gasteiger partial charge is 0.416 e. The van der Waals surface area contributed by atoms with Crippen molar-refractivity contribution < 1.29 is 13.2 Å². The van der Waals surface area contributed by atoms with Crippen LogP contribution in [0.4, 0.5) is 19.0 Å². The highest BCUT2D eigenvalue weighted by atomic mass is 79.9. The lowest BCUT2D eigenvalue weighted by Gasteiger charge is -2.08. The number of benzene rings is 2. The third kappa shape index (κ3) is 2.49. The van der Waals surface area contributed by atoms with E-state index in [0.29, 0.717) is 11.5 Å². The van der Waals surface area contributed by atoms with Gasteiger partial charge < -0.3 is 5.73 Å². The Labute approximate surface area is 126 Å². The summed E-state index contributed by atoms with van der Waals surface area (Å²) in [7, 11) is 0. The van der Waals surface area contributed by atoms with Crippen molar-refractivity contribution in [1.82, 2.24) is 9.78 Å². The van der Waals surface area contributed by atoms with Gasteiger partial charge in [-0.1, -0.05) is 15.9 Å². The molecule has 21 heavy (non-hydrogen) atoms. The van der Waals surface area contributed by atoms with Crippen molar-refractivity contribution in [2.24, 2.45) is 0 Å². The van der Waals surface area contributed by atoms with E-state index >= 15 is 0 Å². The molecule has 0 amide bonds. The number of hydrogen-bond donors (Lipinski definition) is 1. The van der Waals surface area contributed by atoms with E-state index in [1.807, 2.05) is 12.1 Å². The summed E-state index contributed by atoms with van der Waals surface area (Å²) in [6.45, 7) is 0. The fourth-order valence-corrected chi connectivity index (χ4v) is 2.46. The zero-order chi connectivity index (χ0) is 15.2. The predicted octanol–water partition coefficient (Wildman–Crippen LogP) is 4.39. The number of nitrogen functional groups attached to an aromatic ring is 1. The zero-order valence-electron chi connectivity index (χ0n) is 10.5. The lowest BCUT2D eigenvalue weighted by atomic mass is 10.2. The second-order valence-corrected chi connectivity index (χ2v) is 5.42. The van der Waals surface area contributed by atoms with Gasteiger partial charge in [0.05, 0.1) is 16.8 Å². The minimum Gasteiger partial charge on any atom is -0.382 e. The minimum atomic E-state index is -4.35. The van der Waals surface area contributed by atoms with E-state index in [2.05, 4.69) is 21.0 Å². The fourth-order valence-electron chi connectivity index (χ4n) is 2.10. The highest BCUT2D eigenvalue weighted by Gasteiger charge is 2.30. The molecule has 0 saturated heterocycles. The normalized spacial score (nSPS) is 12.0. The van der Waals surface area contributed by atoms with Crippen molar-refractivity contribution in [2.75, 3.05) is 5.73 Å². The van der Waals surface area contributed by atoms with Crippen LogP contribution in [0.25, 0.3) is 16.6 Å². The average Bonchev–Trinajstić information content (AvgIpc) is 2.75. The summed E-state index contributed by atoms with van der Waals surface area (Å²) in [5, 5.41) is 4.93. The molecular weight excluding hydrogens is 347 g/mol. The van der Waals surface area contributed by atoms with Crippen LogP contribution >= 0.6 is 15.9 Å². The van der Waals surface area contributed by atoms with Gasteiger partial charge in [0.25, 0.3) is 0 Å². The van der Waals surface area contributed by atoms with E-state index in [-0.39, 0.29) is 0 Å². The molecule has 7 heteroatoms. The molecule has 0 saturated carbocycles. The van der Waals surface area contributed by atoms with Crippen LogP contribution in [0.5, 0.6) is 0 Å². The molecule has 0 fully saturated rings. The van der Waals surface area contributed by atoms with Crippen LogP contribution in [-0.2, 0) is 6.18 Å². The second-order valence-electron chi connectivity index (χ2n) is 4.50. The lowest BCUT2D eigenvalue weighted by molar-refractivity contribution is -0.137. The number of fused-ring (bicyclic) bond motifs is 1. The van der Waals surface area contributed by atoms with Gasteiger partial charge in [-0.2, -0.15) is 13.2 Å². The number of halogens is 4. The summed E-state index contributed by atoms with van der Waals surface area (Å²) in [4.78, 5) is 0. The molecule has 0 aliphatic rings. The van der Waals surface area contributed by atoms with Crippen molar-refractivity contribution in [3.8, 4) is 5.69 Å². The van der Waals surface area contributed by atoms with Gasteiger partial charge in [-0.05, 0) is 42.5 Å². The number of rotatable bonds is 1. The van der Waals surface area contributed by atoms with Gasteiger partial charge in [-0.3, -0.25) is 0 Å². The second kappa shape index (κ2) is 4.77. The monoisotopic (exact) mass is 355 g/mol. The van der Waals surface area contributed by atoms with Crippen molar-refractivity contribution in [1.29, 1.82) is 0 Å². The Morgan fingerprint density at radius 1 is 1.05 bits per heavy atom. The number of hydrogen-bond acceptors (Lipinski definition) is 2. The van der Waals surface area contributed by atoms with Crippen molar-refractivity contribution in [3.05, 3.63) is 52.5 Å². The minimum absolute atomic E-state index is 0.325. The summed E-state index contributed by atoms with van der Waals surface area (Å²) in [5.74, 6) is 0.325. The summed E-state index contributed by atoms with van der Waals surface area (Å²) in [6.07, 6.45) is -4.35. The molecular formula is C14H9BrF3N3. The molecule has 0 spiro atoms. The fraction of sp³-hybridized carbons (Fsp3) is 0.0714. The van der Waals surface area contributed by atoms with E-state index in [0.717, 1.165) is 27.5 Å². The van der Waals surface area contributed by atoms with E-state index in [4.69, 9.17) is 5.73 Å². The van der Waals surface area contributed by atoms with Crippen LogP contribution in [0.15, 0.2) is 46.9 Å². The Bertz CT molecular complexity index is 807. The van der Waals surface area contributed by atoms with Crippen LogP contribution in [0, 0.1) is 0 Å². The van der Waals surface area contributed by atoms with Gasteiger partial charge in [0.1, 0.15) is 0 Å². The number of nitrogens with zero attached hydrogens (tertiary/aromatic N) is 2. The smallest absolute Gasteiger partial charge is 0.382 e. The summed E-state index contributed by atoms with van der Waals surface area (Å²) in [6, 6.07) is 10.2. The van der Waals surface area contributed by atoms with Gasteiger partial charge in [-0.15, -0.1) is 5.10 Å². The number of alkyl halides is 3. The molecule has 1 aromatic heterocycles. The van der Waals surface area contributed by atoms with Crippen LogP contribution in [0.2, 0.25) is 0 Å². The Hall–Kier alpha value is -2.02. The molecule has 0 unspecified atom stereocenters. The maximum Gasteiger partial charge on any atom is 0.416 e. The molecule has 1 heterocycles. The van der Waals surface area contributed by atoms with Crippen LogP contribution in [0.3, 0.4) is 0 Å². The van der Waals surface area contributed by atoms with Crippen LogP contribution in [-0.4, -0.2) is 9.78 Å². The summed E-state index contributed by atoms with van der Waals surface area (Å²) >= 11 is 3.35. The maximum absolute atomic E-state index is 12.6. The topological polar surface area (TPSA) is 43.8 Å². The van der Waals surface area contributed by atoms with Crippen molar-refractivity contribution in [2.45, 2.75) is 6.18 Å². The predicted molar refractivity (Wildman–Crippen MR) is 78.2 cm³/mol. The molecule has 0 aliphatic carbocycles. The van der Waals surface area contributed by atoms with Gasteiger partial charge >= 0.3 is 6.18 Å². The van der Waals surface area contributed by atoms with E-state index in [1.54, 1.807) is 6.07 Å². The van der Waals surface area contributed by atoms with Crippen LogP contribution < -0.4 is 5.73 Å². The highest BCUT2D eigenvalue weighted by Crippen LogP contribution is 2.31. The Kier molecular flexibility index (Phi) is 3.16.